The Kier molecular flexibility index (Phi) is 4.82. The van der Waals surface area contributed by atoms with Crippen molar-refractivity contribution in [2.24, 2.45) is 0 Å². The van der Waals surface area contributed by atoms with E-state index in [0.717, 1.165) is 22.2 Å². The summed E-state index contributed by atoms with van der Waals surface area (Å²) >= 11 is 3.47. The molecule has 1 aromatic rings. The summed E-state index contributed by atoms with van der Waals surface area (Å²) in [7, 11) is 0. The molecule has 4 nitrogen and oxygen atoms in total. The molecule has 19 heavy (non-hydrogen) atoms. The number of fused-ring (bicyclic) bond motifs is 1. The largest absolute Gasteiger partial charge is 0.493 e. The van der Waals surface area contributed by atoms with Crippen LogP contribution in [0.4, 0.5) is 0 Å². The second-order valence-corrected chi connectivity index (χ2v) is 5.73. The Morgan fingerprint density at radius 1 is 1.58 bits per heavy atom. The fraction of sp³-hybridized carbons (Fsp3) is 0.500. The first-order valence-corrected chi connectivity index (χ1v) is 7.24. The van der Waals surface area contributed by atoms with Gasteiger partial charge in [-0.25, -0.2) is 0 Å². The van der Waals surface area contributed by atoms with E-state index in [2.05, 4.69) is 27.3 Å². The van der Waals surface area contributed by atoms with Gasteiger partial charge in [0, 0.05) is 29.4 Å². The summed E-state index contributed by atoms with van der Waals surface area (Å²) in [4.78, 5) is 11.6. The van der Waals surface area contributed by atoms with Crippen molar-refractivity contribution >= 4 is 21.8 Å². The Labute approximate surface area is 121 Å². The summed E-state index contributed by atoms with van der Waals surface area (Å²) in [6, 6.07) is 4.03. The van der Waals surface area contributed by atoms with Crippen LogP contribution in [0.15, 0.2) is 16.6 Å². The van der Waals surface area contributed by atoms with E-state index in [1.807, 2.05) is 6.07 Å². The lowest BCUT2D eigenvalue weighted by Gasteiger charge is -2.11. The van der Waals surface area contributed by atoms with Gasteiger partial charge in [-0.3, -0.25) is 4.79 Å². The number of aliphatic hydroxyl groups is 1. The molecule has 0 aromatic heterocycles. The Hall–Kier alpha value is -1.07. The van der Waals surface area contributed by atoms with Crippen molar-refractivity contribution in [3.05, 3.63) is 27.7 Å². The summed E-state index contributed by atoms with van der Waals surface area (Å²) < 4.78 is 6.61. The molecule has 5 heteroatoms. The van der Waals surface area contributed by atoms with Crippen molar-refractivity contribution < 1.29 is 14.6 Å². The molecule has 0 saturated carbocycles. The average molecular weight is 328 g/mol. The fourth-order valence-electron chi connectivity index (χ4n) is 2.10. The monoisotopic (exact) mass is 327 g/mol. The molecule has 1 aromatic carbocycles. The predicted octanol–water partition coefficient (Wildman–Crippen LogP) is 2.16. The van der Waals surface area contributed by atoms with Gasteiger partial charge >= 0.3 is 0 Å². The minimum absolute atomic E-state index is 0.0485. The maximum atomic E-state index is 11.6. The Morgan fingerprint density at radius 3 is 3.11 bits per heavy atom. The van der Waals surface area contributed by atoms with Crippen LogP contribution in [-0.2, 0) is 17.8 Å². The van der Waals surface area contributed by atoms with E-state index in [0.29, 0.717) is 26.0 Å². The zero-order valence-corrected chi connectivity index (χ0v) is 12.5. The molecule has 2 rings (SSSR count). The molecular formula is C14H18BrNO3. The Morgan fingerprint density at radius 2 is 2.37 bits per heavy atom. The summed E-state index contributed by atoms with van der Waals surface area (Å²) in [5.41, 5.74) is 2.18. The number of rotatable bonds is 5. The van der Waals surface area contributed by atoms with Gasteiger partial charge in [-0.1, -0.05) is 15.9 Å². The minimum Gasteiger partial charge on any atom is -0.493 e. The second-order valence-electron chi connectivity index (χ2n) is 4.82. The van der Waals surface area contributed by atoms with Crippen molar-refractivity contribution in [3.63, 3.8) is 0 Å². The average Bonchev–Trinajstić information content (AvgIpc) is 2.81. The van der Waals surface area contributed by atoms with Crippen molar-refractivity contribution in [1.82, 2.24) is 5.32 Å². The van der Waals surface area contributed by atoms with E-state index in [1.165, 1.54) is 5.56 Å². The van der Waals surface area contributed by atoms with Crippen LogP contribution in [0.3, 0.4) is 0 Å². The van der Waals surface area contributed by atoms with Gasteiger partial charge in [0.2, 0.25) is 5.91 Å². The zero-order chi connectivity index (χ0) is 13.8. The number of benzene rings is 1. The van der Waals surface area contributed by atoms with Crippen molar-refractivity contribution in [2.45, 2.75) is 38.8 Å². The van der Waals surface area contributed by atoms with Crippen LogP contribution in [0.25, 0.3) is 0 Å². The van der Waals surface area contributed by atoms with E-state index in [-0.39, 0.29) is 5.91 Å². The first-order valence-electron chi connectivity index (χ1n) is 6.45. The number of carbonyl (C=O) groups excluding carboxylic acids is 1. The lowest BCUT2D eigenvalue weighted by molar-refractivity contribution is -0.121. The van der Waals surface area contributed by atoms with E-state index in [1.54, 1.807) is 6.92 Å². The molecule has 104 valence electrons. The van der Waals surface area contributed by atoms with E-state index in [9.17, 15) is 4.79 Å². The molecule has 1 aliphatic heterocycles. The van der Waals surface area contributed by atoms with E-state index >= 15 is 0 Å². The highest BCUT2D eigenvalue weighted by Gasteiger charge is 2.17. The summed E-state index contributed by atoms with van der Waals surface area (Å²) in [5, 5.41) is 12.0. The van der Waals surface area contributed by atoms with Gasteiger partial charge in [0.05, 0.1) is 12.7 Å². The molecule has 0 saturated heterocycles. The molecule has 0 aliphatic carbocycles. The number of aliphatic hydroxyl groups excluding tert-OH is 1. The van der Waals surface area contributed by atoms with Crippen LogP contribution in [0, 0.1) is 0 Å². The van der Waals surface area contributed by atoms with Crippen molar-refractivity contribution in [2.75, 3.05) is 6.61 Å². The third-order valence-corrected chi connectivity index (χ3v) is 3.55. The summed E-state index contributed by atoms with van der Waals surface area (Å²) in [6.07, 6.45) is 1.30. The molecule has 1 unspecified atom stereocenters. The van der Waals surface area contributed by atoms with E-state index in [4.69, 9.17) is 9.84 Å². The number of hydrogen-bond acceptors (Lipinski definition) is 3. The summed E-state index contributed by atoms with van der Waals surface area (Å²) in [5.74, 6) is 0.853. The Balaban J connectivity index is 1.95. The highest BCUT2D eigenvalue weighted by atomic mass is 79.9. The van der Waals surface area contributed by atoms with Gasteiger partial charge in [0.25, 0.3) is 0 Å². The van der Waals surface area contributed by atoms with Gasteiger partial charge in [-0.15, -0.1) is 0 Å². The highest BCUT2D eigenvalue weighted by molar-refractivity contribution is 9.10. The van der Waals surface area contributed by atoms with Gasteiger partial charge < -0.3 is 15.2 Å². The van der Waals surface area contributed by atoms with Crippen LogP contribution in [0.2, 0.25) is 0 Å². The lowest BCUT2D eigenvalue weighted by Crippen LogP contribution is -2.23. The molecule has 1 amide bonds. The Bertz CT molecular complexity index is 474. The van der Waals surface area contributed by atoms with Gasteiger partial charge in [-0.2, -0.15) is 0 Å². The fourth-order valence-corrected chi connectivity index (χ4v) is 2.65. The normalized spacial score (nSPS) is 14.7. The van der Waals surface area contributed by atoms with Crippen molar-refractivity contribution in [1.29, 1.82) is 0 Å². The molecule has 1 heterocycles. The number of hydrogen-bond donors (Lipinski definition) is 2. The molecule has 0 radical (unpaired) electrons. The molecule has 2 N–H and O–H groups in total. The van der Waals surface area contributed by atoms with Gasteiger partial charge in [0.1, 0.15) is 5.75 Å². The number of amides is 1. The van der Waals surface area contributed by atoms with Gasteiger partial charge in [-0.05, 0) is 31.0 Å². The molecule has 1 atom stereocenters. The number of nitrogens with one attached hydrogen (secondary N) is 1. The third-order valence-electron chi connectivity index (χ3n) is 3.09. The SMILES string of the molecule is CC(O)CCC(=O)NCc1cc(Br)cc2c1OCC2. The minimum atomic E-state index is -0.441. The maximum Gasteiger partial charge on any atom is 0.220 e. The standard InChI is InChI=1S/C14H18BrNO3/c1-9(17)2-3-13(18)16-8-11-7-12(15)6-10-4-5-19-14(10)11/h6-7,9,17H,2-5,8H2,1H3,(H,16,18). The molecule has 0 bridgehead atoms. The first kappa shape index (κ1) is 14.3. The quantitative estimate of drug-likeness (QED) is 0.871. The maximum absolute atomic E-state index is 11.6. The van der Waals surface area contributed by atoms with E-state index < -0.39 is 6.10 Å². The van der Waals surface area contributed by atoms with Crippen LogP contribution in [0.5, 0.6) is 5.75 Å². The molecular weight excluding hydrogens is 310 g/mol. The first-order chi connectivity index (χ1) is 9.06. The second kappa shape index (κ2) is 6.39. The predicted molar refractivity (Wildman–Crippen MR) is 76.1 cm³/mol. The topological polar surface area (TPSA) is 58.6 Å². The number of halogens is 1. The van der Waals surface area contributed by atoms with Crippen molar-refractivity contribution in [3.8, 4) is 5.75 Å². The van der Waals surface area contributed by atoms with Crippen LogP contribution >= 0.6 is 15.9 Å². The molecule has 0 spiro atoms. The van der Waals surface area contributed by atoms with Crippen LogP contribution in [-0.4, -0.2) is 23.7 Å². The van der Waals surface area contributed by atoms with Crippen LogP contribution in [0.1, 0.15) is 30.9 Å². The van der Waals surface area contributed by atoms with Crippen LogP contribution < -0.4 is 10.1 Å². The number of ether oxygens (including phenoxy) is 1. The number of carbonyl (C=O) groups is 1. The smallest absolute Gasteiger partial charge is 0.220 e. The van der Waals surface area contributed by atoms with Gasteiger partial charge in [0.15, 0.2) is 0 Å². The molecule has 0 fully saturated rings. The zero-order valence-electron chi connectivity index (χ0n) is 10.9. The summed E-state index contributed by atoms with van der Waals surface area (Å²) in [6.45, 7) is 2.84. The highest BCUT2D eigenvalue weighted by Crippen LogP contribution is 2.32. The third kappa shape index (κ3) is 3.94. The lowest BCUT2D eigenvalue weighted by atomic mass is 10.1. The molecule has 1 aliphatic rings.